The zero-order valence-corrected chi connectivity index (χ0v) is 21.4. The van der Waals surface area contributed by atoms with Crippen LogP contribution in [0.5, 0.6) is 5.75 Å². The number of para-hydroxylation sites is 1. The molecule has 0 aliphatic rings. The highest BCUT2D eigenvalue weighted by molar-refractivity contribution is 6.42. The number of rotatable bonds is 12. The van der Waals surface area contributed by atoms with Gasteiger partial charge in [-0.25, -0.2) is 0 Å². The summed E-state index contributed by atoms with van der Waals surface area (Å²) in [5.74, 6) is 0.506. The lowest BCUT2D eigenvalue weighted by atomic mass is 10.0. The number of benzene rings is 2. The number of amides is 2. The van der Waals surface area contributed by atoms with E-state index in [-0.39, 0.29) is 30.9 Å². The topological polar surface area (TPSA) is 58.6 Å². The number of nitrogens with one attached hydrogen (secondary N) is 1. The SMILES string of the molecule is CCCCNC(=O)[C@H](CC)N(Cc1ccc(Cl)c(Cl)c1)C(=O)COc1ccccc1C(C)C. The van der Waals surface area contributed by atoms with Crippen LogP contribution in [-0.2, 0) is 16.1 Å². The van der Waals surface area contributed by atoms with E-state index >= 15 is 0 Å². The normalized spacial score (nSPS) is 11.8. The molecule has 0 radical (unpaired) electrons. The molecule has 1 N–H and O–H groups in total. The predicted octanol–water partition coefficient (Wildman–Crippen LogP) is 6.22. The molecule has 180 valence electrons. The first-order valence-corrected chi connectivity index (χ1v) is 12.3. The highest BCUT2D eigenvalue weighted by Crippen LogP contribution is 2.27. The van der Waals surface area contributed by atoms with Gasteiger partial charge >= 0.3 is 0 Å². The molecule has 0 fully saturated rings. The summed E-state index contributed by atoms with van der Waals surface area (Å²) in [7, 11) is 0. The van der Waals surface area contributed by atoms with Gasteiger partial charge in [0.25, 0.3) is 5.91 Å². The molecule has 2 amide bonds. The monoisotopic (exact) mass is 492 g/mol. The molecule has 2 rings (SSSR count). The second-order valence-corrected chi connectivity index (χ2v) is 9.13. The molecule has 0 bridgehead atoms. The summed E-state index contributed by atoms with van der Waals surface area (Å²) >= 11 is 12.2. The fraction of sp³-hybridized carbons (Fsp3) is 0.462. The van der Waals surface area contributed by atoms with Crippen molar-refractivity contribution < 1.29 is 14.3 Å². The van der Waals surface area contributed by atoms with Crippen molar-refractivity contribution in [2.24, 2.45) is 0 Å². The Morgan fingerprint density at radius 3 is 2.42 bits per heavy atom. The molecule has 0 unspecified atom stereocenters. The van der Waals surface area contributed by atoms with Crippen LogP contribution in [-0.4, -0.2) is 35.9 Å². The molecule has 5 nitrogen and oxygen atoms in total. The number of nitrogens with zero attached hydrogens (tertiary/aromatic N) is 1. The first-order valence-electron chi connectivity index (χ1n) is 11.5. The molecule has 0 spiro atoms. The first kappa shape index (κ1) is 27.0. The van der Waals surface area contributed by atoms with E-state index in [1.165, 1.54) is 0 Å². The quantitative estimate of drug-likeness (QED) is 0.357. The van der Waals surface area contributed by atoms with Crippen LogP contribution in [0.3, 0.4) is 0 Å². The second kappa shape index (κ2) is 13.5. The van der Waals surface area contributed by atoms with Crippen molar-refractivity contribution in [1.82, 2.24) is 10.2 Å². The number of ether oxygens (including phenoxy) is 1. The summed E-state index contributed by atoms with van der Waals surface area (Å²) < 4.78 is 5.92. The first-order chi connectivity index (χ1) is 15.8. The second-order valence-electron chi connectivity index (χ2n) is 8.32. The molecule has 0 saturated heterocycles. The molecule has 0 aromatic heterocycles. The van der Waals surface area contributed by atoms with E-state index in [4.69, 9.17) is 27.9 Å². The molecule has 0 heterocycles. The molecule has 7 heteroatoms. The van der Waals surface area contributed by atoms with Crippen LogP contribution in [0.25, 0.3) is 0 Å². The maximum atomic E-state index is 13.4. The minimum absolute atomic E-state index is 0.163. The van der Waals surface area contributed by atoms with Gasteiger partial charge in [0.15, 0.2) is 6.61 Å². The standard InChI is InChI=1S/C26H34Cl2N2O3/c1-5-7-14-29-26(32)23(6-2)30(16-19-12-13-21(27)22(28)15-19)25(31)17-33-24-11-9-8-10-20(24)18(3)4/h8-13,15,18,23H,5-7,14,16-17H2,1-4H3,(H,29,32)/t23-/m0/s1. The Morgan fingerprint density at radius 1 is 1.06 bits per heavy atom. The average Bonchev–Trinajstić information content (AvgIpc) is 2.80. The molecule has 2 aromatic rings. The third kappa shape index (κ3) is 7.94. The number of hydrogen-bond donors (Lipinski definition) is 1. The predicted molar refractivity (Wildman–Crippen MR) is 135 cm³/mol. The van der Waals surface area contributed by atoms with Crippen LogP contribution in [0.2, 0.25) is 10.0 Å². The zero-order chi connectivity index (χ0) is 24.4. The van der Waals surface area contributed by atoms with Gasteiger partial charge in [-0.3, -0.25) is 9.59 Å². The van der Waals surface area contributed by atoms with Crippen LogP contribution in [0, 0.1) is 0 Å². The van der Waals surface area contributed by atoms with E-state index in [0.29, 0.717) is 28.8 Å². The van der Waals surface area contributed by atoms with Gasteiger partial charge in [-0.05, 0) is 48.1 Å². The smallest absolute Gasteiger partial charge is 0.261 e. The van der Waals surface area contributed by atoms with Crippen molar-refractivity contribution in [2.45, 2.75) is 65.5 Å². The number of carbonyl (C=O) groups excluding carboxylic acids is 2. The average molecular weight is 493 g/mol. The van der Waals surface area contributed by atoms with E-state index in [1.54, 1.807) is 17.0 Å². The Kier molecular flexibility index (Phi) is 11.0. The minimum atomic E-state index is -0.618. The van der Waals surface area contributed by atoms with Gasteiger partial charge in [0, 0.05) is 13.1 Å². The van der Waals surface area contributed by atoms with Gasteiger partial charge < -0.3 is 15.0 Å². The lowest BCUT2D eigenvalue weighted by Gasteiger charge is -2.31. The van der Waals surface area contributed by atoms with E-state index in [0.717, 1.165) is 24.0 Å². The lowest BCUT2D eigenvalue weighted by Crippen LogP contribution is -2.50. The fourth-order valence-electron chi connectivity index (χ4n) is 3.57. The molecule has 0 aliphatic carbocycles. The number of hydrogen-bond acceptors (Lipinski definition) is 3. The molecule has 0 aliphatic heterocycles. The highest BCUT2D eigenvalue weighted by Gasteiger charge is 2.29. The maximum absolute atomic E-state index is 13.4. The Bertz CT molecular complexity index is 934. The van der Waals surface area contributed by atoms with Crippen LogP contribution >= 0.6 is 23.2 Å². The van der Waals surface area contributed by atoms with Crippen molar-refractivity contribution in [3.05, 3.63) is 63.6 Å². The van der Waals surface area contributed by atoms with Crippen LogP contribution in [0.15, 0.2) is 42.5 Å². The van der Waals surface area contributed by atoms with Gasteiger partial charge in [0.2, 0.25) is 5.91 Å². The van der Waals surface area contributed by atoms with Crippen molar-refractivity contribution in [2.75, 3.05) is 13.2 Å². The lowest BCUT2D eigenvalue weighted by molar-refractivity contribution is -0.143. The fourth-order valence-corrected chi connectivity index (χ4v) is 3.89. The van der Waals surface area contributed by atoms with Gasteiger partial charge in [-0.15, -0.1) is 0 Å². The Hall–Kier alpha value is -2.24. The van der Waals surface area contributed by atoms with E-state index in [2.05, 4.69) is 26.1 Å². The molecule has 1 atom stereocenters. The summed E-state index contributed by atoms with van der Waals surface area (Å²) in [6, 6.07) is 12.3. The van der Waals surface area contributed by atoms with E-state index < -0.39 is 6.04 Å². The Balaban J connectivity index is 2.25. The highest BCUT2D eigenvalue weighted by atomic mass is 35.5. The van der Waals surface area contributed by atoms with Crippen molar-refractivity contribution in [1.29, 1.82) is 0 Å². The third-order valence-electron chi connectivity index (χ3n) is 5.44. The van der Waals surface area contributed by atoms with Gasteiger partial charge in [0.1, 0.15) is 11.8 Å². The Labute approximate surface area is 207 Å². The van der Waals surface area contributed by atoms with Crippen molar-refractivity contribution >= 4 is 35.0 Å². The zero-order valence-electron chi connectivity index (χ0n) is 19.9. The van der Waals surface area contributed by atoms with Gasteiger partial charge in [-0.2, -0.15) is 0 Å². The van der Waals surface area contributed by atoms with E-state index in [1.807, 2.05) is 37.3 Å². The molecule has 0 saturated carbocycles. The van der Waals surface area contributed by atoms with Crippen LogP contribution in [0.4, 0.5) is 0 Å². The Morgan fingerprint density at radius 2 is 1.79 bits per heavy atom. The largest absolute Gasteiger partial charge is 0.483 e. The van der Waals surface area contributed by atoms with E-state index in [9.17, 15) is 9.59 Å². The molecule has 33 heavy (non-hydrogen) atoms. The van der Waals surface area contributed by atoms with Crippen LogP contribution < -0.4 is 10.1 Å². The summed E-state index contributed by atoms with van der Waals surface area (Å²) in [5.41, 5.74) is 1.82. The van der Waals surface area contributed by atoms with Crippen LogP contribution in [0.1, 0.15) is 64.0 Å². The summed E-state index contributed by atoms with van der Waals surface area (Å²) in [6.07, 6.45) is 2.34. The number of halogens is 2. The van der Waals surface area contributed by atoms with Crippen molar-refractivity contribution in [3.63, 3.8) is 0 Å². The number of carbonyl (C=O) groups is 2. The van der Waals surface area contributed by atoms with Crippen molar-refractivity contribution in [3.8, 4) is 5.75 Å². The summed E-state index contributed by atoms with van der Waals surface area (Å²) in [4.78, 5) is 27.8. The minimum Gasteiger partial charge on any atom is -0.483 e. The summed E-state index contributed by atoms with van der Waals surface area (Å²) in [5, 5.41) is 3.80. The van der Waals surface area contributed by atoms with Gasteiger partial charge in [-0.1, -0.05) is 81.6 Å². The molecular weight excluding hydrogens is 459 g/mol. The summed E-state index contributed by atoms with van der Waals surface area (Å²) in [6.45, 7) is 8.76. The molecule has 2 aromatic carbocycles. The molecular formula is C26H34Cl2N2O3. The third-order valence-corrected chi connectivity index (χ3v) is 6.18. The van der Waals surface area contributed by atoms with Gasteiger partial charge in [0.05, 0.1) is 10.0 Å². The maximum Gasteiger partial charge on any atom is 0.261 e. The number of unbranched alkanes of at least 4 members (excludes halogenated alkanes) is 1.